The monoisotopic (exact) mass is 418 g/mol. The average molecular weight is 419 g/mol. The summed E-state index contributed by atoms with van der Waals surface area (Å²) in [6.07, 6.45) is 0.285. The van der Waals surface area contributed by atoms with Gasteiger partial charge in [-0.1, -0.05) is 23.7 Å². The number of furan rings is 1. The number of hydrogen-bond acceptors (Lipinski definition) is 5. The molecule has 1 aliphatic rings. The smallest absolute Gasteiger partial charge is 0.198 e. The Kier molecular flexibility index (Phi) is 5.10. The lowest BCUT2D eigenvalue weighted by atomic mass is 10.0. The Morgan fingerprint density at radius 2 is 1.96 bits per heavy atom. The van der Waals surface area contributed by atoms with E-state index in [-0.39, 0.29) is 18.8 Å². The minimum absolute atomic E-state index is 0. The summed E-state index contributed by atoms with van der Waals surface area (Å²) in [5.74, 6) is 1.07. The Morgan fingerprint density at radius 1 is 1.14 bits per heavy atom. The maximum absolute atomic E-state index is 10.9. The number of oxazole rings is 1. The van der Waals surface area contributed by atoms with Crippen LogP contribution >= 0.6 is 24.0 Å². The van der Waals surface area contributed by atoms with Gasteiger partial charge < -0.3 is 18.8 Å². The van der Waals surface area contributed by atoms with Gasteiger partial charge in [-0.3, -0.25) is 0 Å². The van der Waals surface area contributed by atoms with E-state index in [0.717, 1.165) is 51.2 Å². The summed E-state index contributed by atoms with van der Waals surface area (Å²) in [5, 5.41) is 12.7. The number of halogens is 2. The molecule has 28 heavy (non-hydrogen) atoms. The van der Waals surface area contributed by atoms with Gasteiger partial charge in [-0.25, -0.2) is 4.98 Å². The van der Waals surface area contributed by atoms with Gasteiger partial charge >= 0.3 is 0 Å². The first-order chi connectivity index (χ1) is 13.1. The lowest BCUT2D eigenvalue weighted by Gasteiger charge is -2.15. The molecule has 0 aliphatic carbocycles. The molecular formula is C21H20Cl2N2O3. The minimum atomic E-state index is -0.835. The van der Waals surface area contributed by atoms with Crippen molar-refractivity contribution in [2.45, 2.75) is 25.5 Å². The molecule has 0 saturated carbocycles. The quantitative estimate of drug-likeness (QED) is 0.511. The second-order valence-corrected chi connectivity index (χ2v) is 7.53. The Bertz CT molecular complexity index is 1120. The number of likely N-dealkylation sites (N-methyl/N-ethyl adjacent to an activating group) is 1. The van der Waals surface area contributed by atoms with Crippen LogP contribution in [0.4, 0.5) is 0 Å². The summed E-state index contributed by atoms with van der Waals surface area (Å²) in [6.45, 7) is 1.62. The van der Waals surface area contributed by atoms with Crippen molar-refractivity contribution in [1.82, 2.24) is 9.88 Å². The number of rotatable bonds is 3. The third-order valence-corrected chi connectivity index (χ3v) is 5.57. The molecule has 0 radical (unpaired) electrons. The van der Waals surface area contributed by atoms with E-state index in [2.05, 4.69) is 16.9 Å². The SMILES string of the molecule is CN1CCc2c(Cl)ccc3oc(C(O)Cc4nc5ccccc5o4)c(c23)C1.Cl. The van der Waals surface area contributed by atoms with Crippen LogP contribution < -0.4 is 0 Å². The molecule has 1 aliphatic heterocycles. The second-order valence-electron chi connectivity index (χ2n) is 7.13. The Balaban J connectivity index is 0.00000192. The van der Waals surface area contributed by atoms with Crippen LogP contribution in [0, 0.1) is 0 Å². The zero-order valence-corrected chi connectivity index (χ0v) is 16.9. The van der Waals surface area contributed by atoms with Crippen molar-refractivity contribution in [1.29, 1.82) is 0 Å². The number of benzene rings is 2. The molecule has 4 aromatic rings. The van der Waals surface area contributed by atoms with Gasteiger partial charge in [0.05, 0.1) is 6.42 Å². The molecule has 5 rings (SSSR count). The summed E-state index contributed by atoms with van der Waals surface area (Å²) in [6, 6.07) is 11.3. The molecule has 3 heterocycles. The van der Waals surface area contributed by atoms with Crippen molar-refractivity contribution < 1.29 is 13.9 Å². The van der Waals surface area contributed by atoms with Crippen molar-refractivity contribution in [2.75, 3.05) is 13.6 Å². The van der Waals surface area contributed by atoms with Gasteiger partial charge in [-0.2, -0.15) is 0 Å². The Hall–Kier alpha value is -2.05. The molecule has 0 amide bonds. The predicted octanol–water partition coefficient (Wildman–Crippen LogP) is 4.91. The number of aliphatic hydroxyl groups excluding tert-OH is 1. The molecule has 1 N–H and O–H groups in total. The first kappa shape index (κ1) is 19.3. The van der Waals surface area contributed by atoms with E-state index in [1.54, 1.807) is 0 Å². The van der Waals surface area contributed by atoms with Gasteiger partial charge in [0.25, 0.3) is 0 Å². The Labute approximate surface area is 173 Å². The summed E-state index contributed by atoms with van der Waals surface area (Å²) < 4.78 is 11.8. The molecule has 0 saturated heterocycles. The van der Waals surface area contributed by atoms with Gasteiger partial charge in [0.1, 0.15) is 23.0 Å². The molecule has 0 fully saturated rings. The number of para-hydroxylation sites is 2. The highest BCUT2D eigenvalue weighted by Gasteiger charge is 2.27. The standard InChI is InChI=1S/C21H19ClN2O3.ClH/c1-24-9-8-12-14(22)6-7-18-20(12)13(11-24)21(27-18)16(25)10-19-23-15-4-2-3-5-17(15)26-19;/h2-7,16,25H,8-11H2,1H3;1H. The molecule has 7 heteroatoms. The molecule has 0 bridgehead atoms. The number of fused-ring (bicyclic) bond motifs is 1. The summed E-state index contributed by atoms with van der Waals surface area (Å²) in [7, 11) is 2.07. The number of hydrogen-bond donors (Lipinski definition) is 1. The van der Waals surface area contributed by atoms with E-state index in [4.69, 9.17) is 20.4 Å². The highest BCUT2D eigenvalue weighted by atomic mass is 35.5. The summed E-state index contributed by atoms with van der Waals surface area (Å²) in [4.78, 5) is 6.69. The lowest BCUT2D eigenvalue weighted by Crippen LogP contribution is -2.19. The molecule has 146 valence electrons. The third kappa shape index (κ3) is 3.18. The lowest BCUT2D eigenvalue weighted by molar-refractivity contribution is 0.142. The van der Waals surface area contributed by atoms with E-state index < -0.39 is 6.10 Å². The zero-order chi connectivity index (χ0) is 18.5. The largest absolute Gasteiger partial charge is 0.458 e. The van der Waals surface area contributed by atoms with Gasteiger partial charge in [-0.15, -0.1) is 12.4 Å². The van der Waals surface area contributed by atoms with E-state index >= 15 is 0 Å². The maximum atomic E-state index is 10.9. The van der Waals surface area contributed by atoms with Crippen LogP contribution in [0.3, 0.4) is 0 Å². The molecular weight excluding hydrogens is 399 g/mol. The fraction of sp³-hybridized carbons (Fsp3) is 0.286. The fourth-order valence-corrected chi connectivity index (χ4v) is 4.16. The molecule has 2 aromatic heterocycles. The van der Waals surface area contributed by atoms with E-state index in [9.17, 15) is 5.11 Å². The van der Waals surface area contributed by atoms with Gasteiger partial charge in [0.15, 0.2) is 11.5 Å². The first-order valence-electron chi connectivity index (χ1n) is 9.04. The summed E-state index contributed by atoms with van der Waals surface area (Å²) >= 11 is 6.45. The molecule has 5 nitrogen and oxygen atoms in total. The molecule has 0 spiro atoms. The molecule has 1 unspecified atom stereocenters. The normalized spacial score (nSPS) is 15.5. The van der Waals surface area contributed by atoms with Crippen LogP contribution in [0.5, 0.6) is 0 Å². The first-order valence-corrected chi connectivity index (χ1v) is 9.41. The molecule has 2 aromatic carbocycles. The fourth-order valence-electron chi connectivity index (χ4n) is 3.91. The van der Waals surface area contributed by atoms with Crippen LogP contribution in [0.1, 0.15) is 28.9 Å². The van der Waals surface area contributed by atoms with E-state index in [0.29, 0.717) is 18.2 Å². The van der Waals surface area contributed by atoms with Crippen LogP contribution in [-0.4, -0.2) is 28.6 Å². The number of aromatic nitrogens is 1. The van der Waals surface area contributed by atoms with E-state index in [1.807, 2.05) is 36.4 Å². The zero-order valence-electron chi connectivity index (χ0n) is 15.3. The summed E-state index contributed by atoms with van der Waals surface area (Å²) in [5.41, 5.74) is 4.38. The minimum Gasteiger partial charge on any atom is -0.458 e. The van der Waals surface area contributed by atoms with Crippen LogP contribution in [0.15, 0.2) is 45.2 Å². The van der Waals surface area contributed by atoms with Gasteiger partial charge in [-0.05, 0) is 43.3 Å². The van der Waals surface area contributed by atoms with Crippen molar-refractivity contribution in [3.63, 3.8) is 0 Å². The number of nitrogens with zero attached hydrogens (tertiary/aromatic N) is 2. The average Bonchev–Trinajstić information content (AvgIpc) is 3.16. The third-order valence-electron chi connectivity index (χ3n) is 5.22. The maximum Gasteiger partial charge on any atom is 0.198 e. The van der Waals surface area contributed by atoms with Gasteiger partial charge in [0.2, 0.25) is 0 Å². The van der Waals surface area contributed by atoms with Crippen molar-refractivity contribution >= 4 is 46.1 Å². The van der Waals surface area contributed by atoms with Gasteiger partial charge in [0, 0.05) is 29.1 Å². The van der Waals surface area contributed by atoms with Crippen LogP contribution in [0.25, 0.3) is 22.1 Å². The highest BCUT2D eigenvalue weighted by Crippen LogP contribution is 2.39. The predicted molar refractivity (Wildman–Crippen MR) is 111 cm³/mol. The van der Waals surface area contributed by atoms with Crippen LogP contribution in [-0.2, 0) is 19.4 Å². The van der Waals surface area contributed by atoms with Crippen LogP contribution in [0.2, 0.25) is 5.02 Å². The second kappa shape index (κ2) is 7.41. The highest BCUT2D eigenvalue weighted by molar-refractivity contribution is 6.32. The van der Waals surface area contributed by atoms with Crippen molar-refractivity contribution in [3.05, 3.63) is 64.2 Å². The van der Waals surface area contributed by atoms with E-state index in [1.165, 1.54) is 0 Å². The molecule has 1 atom stereocenters. The number of aliphatic hydroxyl groups is 1. The van der Waals surface area contributed by atoms with Crippen molar-refractivity contribution in [3.8, 4) is 0 Å². The Morgan fingerprint density at radius 3 is 2.79 bits per heavy atom. The topological polar surface area (TPSA) is 62.6 Å². The van der Waals surface area contributed by atoms with Crippen molar-refractivity contribution in [2.24, 2.45) is 0 Å².